The molecule has 1 aliphatic rings. The van der Waals surface area contributed by atoms with Gasteiger partial charge in [0.2, 0.25) is 0 Å². The molecule has 0 bridgehead atoms. The molecule has 56 valence electrons. The Morgan fingerprint density at radius 3 is 1.70 bits per heavy atom. The first-order chi connectivity index (χ1) is 4.55. The Morgan fingerprint density at radius 1 is 1.10 bits per heavy atom. The number of aliphatic hydroxyl groups is 1. The van der Waals surface area contributed by atoms with Crippen LogP contribution >= 0.6 is 0 Å². The zero-order valence-electron chi connectivity index (χ0n) is 7.02. The van der Waals surface area contributed by atoms with Gasteiger partial charge in [-0.15, -0.1) is 0 Å². The molecule has 1 N–H and O–H groups in total. The minimum Gasteiger partial charge on any atom is -0.511 e. The van der Waals surface area contributed by atoms with E-state index in [0.29, 0.717) is 5.76 Å². The van der Waals surface area contributed by atoms with Gasteiger partial charge in [-0.05, 0) is 31.9 Å². The first kappa shape index (κ1) is 7.39. The fourth-order valence-corrected chi connectivity index (χ4v) is 1.34. The first-order valence-electron chi connectivity index (χ1n) is 3.63. The van der Waals surface area contributed by atoms with Gasteiger partial charge in [0.1, 0.15) is 5.76 Å². The van der Waals surface area contributed by atoms with Gasteiger partial charge in [-0.2, -0.15) is 0 Å². The molecule has 0 aromatic rings. The van der Waals surface area contributed by atoms with Crippen LogP contribution in [0.1, 0.15) is 27.7 Å². The van der Waals surface area contributed by atoms with Gasteiger partial charge in [0, 0.05) is 5.92 Å². The zero-order valence-corrected chi connectivity index (χ0v) is 7.02. The van der Waals surface area contributed by atoms with Crippen LogP contribution in [0.5, 0.6) is 0 Å². The lowest BCUT2D eigenvalue weighted by Crippen LogP contribution is -1.94. The van der Waals surface area contributed by atoms with Gasteiger partial charge in [-0.1, -0.05) is 12.5 Å². The molecule has 0 aromatic carbocycles. The van der Waals surface area contributed by atoms with Crippen molar-refractivity contribution in [1.82, 2.24) is 0 Å². The van der Waals surface area contributed by atoms with E-state index in [-0.39, 0.29) is 5.92 Å². The summed E-state index contributed by atoms with van der Waals surface area (Å²) in [4.78, 5) is 0. The van der Waals surface area contributed by atoms with E-state index in [1.54, 1.807) is 0 Å². The molecule has 1 atom stereocenters. The molecule has 0 saturated carbocycles. The predicted octanol–water partition coefficient (Wildman–Crippen LogP) is 2.80. The van der Waals surface area contributed by atoms with E-state index in [4.69, 9.17) is 0 Å². The Hall–Kier alpha value is -0.720. The van der Waals surface area contributed by atoms with E-state index in [9.17, 15) is 5.11 Å². The van der Waals surface area contributed by atoms with Crippen molar-refractivity contribution in [2.75, 3.05) is 0 Å². The third kappa shape index (κ3) is 0.772. The molecular formula is C9H14O. The van der Waals surface area contributed by atoms with Crippen molar-refractivity contribution in [3.8, 4) is 0 Å². The molecule has 0 radical (unpaired) electrons. The van der Waals surface area contributed by atoms with Gasteiger partial charge < -0.3 is 5.11 Å². The highest BCUT2D eigenvalue weighted by molar-refractivity contribution is 5.43. The summed E-state index contributed by atoms with van der Waals surface area (Å²) in [5.41, 5.74) is 3.62. The molecule has 0 saturated heterocycles. The second kappa shape index (κ2) is 2.15. The third-order valence-electron chi connectivity index (χ3n) is 2.60. The highest BCUT2D eigenvalue weighted by Gasteiger charge is 2.22. The average molecular weight is 138 g/mol. The fraction of sp³-hybridized carbons (Fsp3) is 0.556. The van der Waals surface area contributed by atoms with Crippen molar-refractivity contribution in [3.05, 3.63) is 22.5 Å². The van der Waals surface area contributed by atoms with Crippen molar-refractivity contribution in [2.45, 2.75) is 27.7 Å². The molecule has 1 aliphatic carbocycles. The van der Waals surface area contributed by atoms with Gasteiger partial charge in [0.15, 0.2) is 0 Å². The summed E-state index contributed by atoms with van der Waals surface area (Å²) in [5.74, 6) is 0.801. The molecule has 1 nitrogen and oxygen atoms in total. The minimum absolute atomic E-state index is 0.250. The summed E-state index contributed by atoms with van der Waals surface area (Å²) in [6.07, 6.45) is 0. The molecule has 0 aromatic heterocycles. The van der Waals surface area contributed by atoms with E-state index in [1.807, 2.05) is 13.8 Å². The Morgan fingerprint density at radius 2 is 1.60 bits per heavy atom. The van der Waals surface area contributed by atoms with E-state index in [1.165, 1.54) is 11.1 Å². The van der Waals surface area contributed by atoms with Crippen LogP contribution in [-0.4, -0.2) is 5.11 Å². The van der Waals surface area contributed by atoms with Gasteiger partial charge in [0.05, 0.1) is 0 Å². The summed E-state index contributed by atoms with van der Waals surface area (Å²) in [6.45, 7) is 8.14. The fourth-order valence-electron chi connectivity index (χ4n) is 1.34. The van der Waals surface area contributed by atoms with Gasteiger partial charge in [-0.25, -0.2) is 0 Å². The second-order valence-corrected chi connectivity index (χ2v) is 3.04. The number of hydrogen-bond acceptors (Lipinski definition) is 1. The number of allylic oxidation sites excluding steroid dienone is 3. The zero-order chi connectivity index (χ0) is 7.89. The van der Waals surface area contributed by atoms with Crippen molar-refractivity contribution in [2.24, 2.45) is 5.92 Å². The summed E-state index contributed by atoms with van der Waals surface area (Å²) < 4.78 is 0. The number of hydrogen-bond donors (Lipinski definition) is 1. The molecule has 0 spiro atoms. The Kier molecular flexibility index (Phi) is 1.59. The topological polar surface area (TPSA) is 20.2 Å². The Bertz CT molecular complexity index is 197. The standard InChI is InChI=1S/C9H14O/c1-5-6(2)8(4)9(10)7(5)3/h7,10H,1-4H3. The highest BCUT2D eigenvalue weighted by atomic mass is 16.3. The smallest absolute Gasteiger partial charge is 0.102 e. The minimum atomic E-state index is 0.250. The van der Waals surface area contributed by atoms with E-state index < -0.39 is 0 Å². The molecule has 0 amide bonds. The maximum absolute atomic E-state index is 9.44. The predicted molar refractivity (Wildman–Crippen MR) is 42.9 cm³/mol. The van der Waals surface area contributed by atoms with E-state index in [2.05, 4.69) is 13.8 Å². The van der Waals surface area contributed by atoms with Crippen molar-refractivity contribution in [3.63, 3.8) is 0 Å². The van der Waals surface area contributed by atoms with Gasteiger partial charge in [-0.3, -0.25) is 0 Å². The first-order valence-corrected chi connectivity index (χ1v) is 3.63. The van der Waals surface area contributed by atoms with Crippen LogP contribution in [0.15, 0.2) is 22.5 Å². The quantitative estimate of drug-likeness (QED) is 0.545. The lowest BCUT2D eigenvalue weighted by molar-refractivity contribution is 0.360. The van der Waals surface area contributed by atoms with Crippen LogP contribution in [0, 0.1) is 5.92 Å². The van der Waals surface area contributed by atoms with Gasteiger partial charge in [0.25, 0.3) is 0 Å². The average Bonchev–Trinajstić information content (AvgIpc) is 2.07. The molecule has 0 aliphatic heterocycles. The molecule has 10 heavy (non-hydrogen) atoms. The molecule has 0 heterocycles. The van der Waals surface area contributed by atoms with Crippen LogP contribution in [0.2, 0.25) is 0 Å². The van der Waals surface area contributed by atoms with E-state index in [0.717, 1.165) is 5.57 Å². The summed E-state index contributed by atoms with van der Waals surface area (Å²) in [5, 5.41) is 9.44. The van der Waals surface area contributed by atoms with Crippen molar-refractivity contribution < 1.29 is 5.11 Å². The van der Waals surface area contributed by atoms with Crippen molar-refractivity contribution >= 4 is 0 Å². The summed E-state index contributed by atoms with van der Waals surface area (Å²) in [7, 11) is 0. The van der Waals surface area contributed by atoms with Crippen LogP contribution in [-0.2, 0) is 0 Å². The second-order valence-electron chi connectivity index (χ2n) is 3.04. The van der Waals surface area contributed by atoms with Crippen LogP contribution in [0.4, 0.5) is 0 Å². The number of aliphatic hydroxyl groups excluding tert-OH is 1. The molecule has 0 fully saturated rings. The Labute approximate surface area is 62.1 Å². The maximum Gasteiger partial charge on any atom is 0.102 e. The normalized spacial score (nSPS) is 26.6. The van der Waals surface area contributed by atoms with Crippen LogP contribution < -0.4 is 0 Å². The maximum atomic E-state index is 9.44. The van der Waals surface area contributed by atoms with Crippen molar-refractivity contribution in [1.29, 1.82) is 0 Å². The molecular weight excluding hydrogens is 124 g/mol. The lowest BCUT2D eigenvalue weighted by atomic mass is 10.0. The highest BCUT2D eigenvalue weighted by Crippen LogP contribution is 2.34. The number of rotatable bonds is 0. The summed E-state index contributed by atoms with van der Waals surface area (Å²) >= 11 is 0. The largest absolute Gasteiger partial charge is 0.511 e. The lowest BCUT2D eigenvalue weighted by Gasteiger charge is -2.03. The van der Waals surface area contributed by atoms with E-state index >= 15 is 0 Å². The van der Waals surface area contributed by atoms with Gasteiger partial charge >= 0.3 is 0 Å². The summed E-state index contributed by atoms with van der Waals surface area (Å²) in [6, 6.07) is 0. The molecule has 1 unspecified atom stereocenters. The molecule has 1 heteroatoms. The third-order valence-corrected chi connectivity index (χ3v) is 2.60. The van der Waals surface area contributed by atoms with Crippen LogP contribution in [0.25, 0.3) is 0 Å². The SMILES string of the molecule is CC1=C(C)C(C)C(O)=C1C. The molecule has 1 rings (SSSR count). The van der Waals surface area contributed by atoms with Crippen LogP contribution in [0.3, 0.4) is 0 Å². The Balaban J connectivity index is 3.09. The monoisotopic (exact) mass is 138 g/mol.